The average Bonchev–Trinajstić information content (AvgIpc) is 2.97. The summed E-state index contributed by atoms with van der Waals surface area (Å²) in [5.41, 5.74) is 1.75. The van der Waals surface area contributed by atoms with Crippen molar-refractivity contribution in [2.45, 2.75) is 25.9 Å². The van der Waals surface area contributed by atoms with Crippen LogP contribution < -0.4 is 5.32 Å². The lowest BCUT2D eigenvalue weighted by Crippen LogP contribution is -2.27. The van der Waals surface area contributed by atoms with Gasteiger partial charge in [-0.2, -0.15) is 0 Å². The maximum atomic E-state index is 11.3. The summed E-state index contributed by atoms with van der Waals surface area (Å²) in [5, 5.41) is 5.60. The molecule has 0 saturated heterocycles. The average molecular weight is 289 g/mol. The summed E-state index contributed by atoms with van der Waals surface area (Å²) >= 11 is 1.79. The van der Waals surface area contributed by atoms with Gasteiger partial charge in [0.1, 0.15) is 0 Å². The highest BCUT2D eigenvalue weighted by molar-refractivity contribution is 7.09. The molecule has 0 bridgehead atoms. The van der Waals surface area contributed by atoms with Crippen molar-refractivity contribution in [3.63, 3.8) is 0 Å². The number of methoxy groups -OCH3 is 1. The summed E-state index contributed by atoms with van der Waals surface area (Å²) in [6.45, 7) is 2.98. The van der Waals surface area contributed by atoms with Crippen LogP contribution in [0.4, 0.5) is 0 Å². The predicted molar refractivity (Wildman–Crippen MR) is 82.1 cm³/mol. The van der Waals surface area contributed by atoms with Gasteiger partial charge in [-0.3, -0.25) is 0 Å². The molecule has 1 aromatic heterocycles. The molecule has 0 saturated carbocycles. The normalized spacial score (nSPS) is 12.1. The maximum Gasteiger partial charge on any atom is 0.337 e. The van der Waals surface area contributed by atoms with Crippen LogP contribution in [0.3, 0.4) is 0 Å². The fourth-order valence-electron chi connectivity index (χ4n) is 1.97. The van der Waals surface area contributed by atoms with Crippen molar-refractivity contribution < 1.29 is 9.53 Å². The highest BCUT2D eigenvalue weighted by Gasteiger charge is 2.06. The van der Waals surface area contributed by atoms with E-state index in [1.54, 1.807) is 23.5 Å². The first kappa shape index (κ1) is 14.8. The summed E-state index contributed by atoms with van der Waals surface area (Å²) in [6.07, 6.45) is 1.04. The Morgan fingerprint density at radius 1 is 1.30 bits per heavy atom. The van der Waals surface area contributed by atoms with Crippen LogP contribution in [0.2, 0.25) is 0 Å². The molecule has 0 aliphatic heterocycles. The van der Waals surface area contributed by atoms with E-state index in [-0.39, 0.29) is 5.97 Å². The van der Waals surface area contributed by atoms with Gasteiger partial charge in [0.25, 0.3) is 0 Å². The zero-order valence-electron chi connectivity index (χ0n) is 11.8. The molecular formula is C16H19NO2S. The van der Waals surface area contributed by atoms with Crippen LogP contribution in [-0.2, 0) is 17.7 Å². The van der Waals surface area contributed by atoms with Crippen molar-refractivity contribution in [2.75, 3.05) is 7.11 Å². The molecule has 4 heteroatoms. The van der Waals surface area contributed by atoms with E-state index in [9.17, 15) is 4.79 Å². The topological polar surface area (TPSA) is 38.3 Å². The van der Waals surface area contributed by atoms with Crippen molar-refractivity contribution in [1.82, 2.24) is 5.32 Å². The molecule has 2 rings (SSSR count). The molecule has 0 aliphatic carbocycles. The third-order valence-corrected chi connectivity index (χ3v) is 4.02. The minimum absolute atomic E-state index is 0.296. The number of rotatable bonds is 6. The fourth-order valence-corrected chi connectivity index (χ4v) is 2.81. The van der Waals surface area contributed by atoms with Gasteiger partial charge in [0.2, 0.25) is 0 Å². The lowest BCUT2D eigenvalue weighted by Gasteiger charge is -2.13. The summed E-state index contributed by atoms with van der Waals surface area (Å²) in [4.78, 5) is 12.7. The van der Waals surface area contributed by atoms with Crippen molar-refractivity contribution in [3.05, 3.63) is 57.8 Å². The second-order valence-electron chi connectivity index (χ2n) is 4.75. The molecule has 2 aromatic rings. The first-order valence-electron chi connectivity index (χ1n) is 6.62. The molecule has 0 spiro atoms. The van der Waals surface area contributed by atoms with Gasteiger partial charge < -0.3 is 10.1 Å². The van der Waals surface area contributed by atoms with Gasteiger partial charge in [-0.15, -0.1) is 11.3 Å². The van der Waals surface area contributed by atoms with Crippen LogP contribution in [0.5, 0.6) is 0 Å². The minimum Gasteiger partial charge on any atom is -0.465 e. The van der Waals surface area contributed by atoms with Gasteiger partial charge >= 0.3 is 5.97 Å². The number of esters is 1. The van der Waals surface area contributed by atoms with Gasteiger partial charge in [0.05, 0.1) is 12.7 Å². The lowest BCUT2D eigenvalue weighted by atomic mass is 10.1. The first-order valence-corrected chi connectivity index (χ1v) is 7.50. The number of hydrogen-bond acceptors (Lipinski definition) is 4. The SMILES string of the molecule is COC(=O)c1ccc(CNC(C)Cc2cccs2)cc1. The Kier molecular flexibility index (Phi) is 5.32. The summed E-state index contributed by atoms with van der Waals surface area (Å²) in [6, 6.07) is 12.2. The quantitative estimate of drug-likeness (QED) is 0.830. The molecule has 0 fully saturated rings. The van der Waals surface area contributed by atoms with Gasteiger partial charge in [0, 0.05) is 17.5 Å². The molecule has 1 aromatic carbocycles. The number of nitrogens with one attached hydrogen (secondary N) is 1. The Hall–Kier alpha value is -1.65. The maximum absolute atomic E-state index is 11.3. The van der Waals surface area contributed by atoms with E-state index in [0.717, 1.165) is 18.5 Å². The molecule has 0 aliphatic rings. The minimum atomic E-state index is -0.296. The number of carbonyl (C=O) groups is 1. The molecule has 1 unspecified atom stereocenters. The Morgan fingerprint density at radius 2 is 2.05 bits per heavy atom. The summed E-state index contributed by atoms with van der Waals surface area (Å²) < 4.78 is 4.68. The molecule has 106 valence electrons. The second kappa shape index (κ2) is 7.22. The Bertz CT molecular complexity index is 534. The van der Waals surface area contributed by atoms with E-state index in [1.165, 1.54) is 12.0 Å². The largest absolute Gasteiger partial charge is 0.465 e. The van der Waals surface area contributed by atoms with Gasteiger partial charge in [0.15, 0.2) is 0 Å². The zero-order chi connectivity index (χ0) is 14.4. The van der Waals surface area contributed by atoms with Crippen LogP contribution in [0.25, 0.3) is 0 Å². The standard InChI is InChI=1S/C16H19NO2S/c1-12(10-15-4-3-9-20-15)17-11-13-5-7-14(8-6-13)16(18)19-2/h3-9,12,17H,10-11H2,1-2H3. The zero-order valence-corrected chi connectivity index (χ0v) is 12.6. The highest BCUT2D eigenvalue weighted by atomic mass is 32.1. The van der Waals surface area contributed by atoms with Gasteiger partial charge in [-0.1, -0.05) is 18.2 Å². The third kappa shape index (κ3) is 4.18. The van der Waals surface area contributed by atoms with E-state index < -0.39 is 0 Å². The van der Waals surface area contributed by atoms with E-state index in [2.05, 4.69) is 34.5 Å². The number of ether oxygens (including phenoxy) is 1. The number of thiophene rings is 1. The van der Waals surface area contributed by atoms with Gasteiger partial charge in [-0.25, -0.2) is 4.79 Å². The molecule has 1 N–H and O–H groups in total. The molecule has 3 nitrogen and oxygen atoms in total. The third-order valence-electron chi connectivity index (χ3n) is 3.12. The Balaban J connectivity index is 1.83. The lowest BCUT2D eigenvalue weighted by molar-refractivity contribution is 0.0600. The highest BCUT2D eigenvalue weighted by Crippen LogP contribution is 2.11. The van der Waals surface area contributed by atoms with E-state index in [0.29, 0.717) is 11.6 Å². The fraction of sp³-hybridized carbons (Fsp3) is 0.312. The molecule has 0 amide bonds. The Morgan fingerprint density at radius 3 is 2.65 bits per heavy atom. The molecule has 0 radical (unpaired) electrons. The van der Waals surface area contributed by atoms with E-state index in [4.69, 9.17) is 0 Å². The molecule has 1 heterocycles. The van der Waals surface area contributed by atoms with Crippen LogP contribution in [-0.4, -0.2) is 19.1 Å². The summed E-state index contributed by atoms with van der Waals surface area (Å²) in [7, 11) is 1.39. The van der Waals surface area contributed by atoms with E-state index >= 15 is 0 Å². The van der Waals surface area contributed by atoms with Crippen LogP contribution in [0, 0.1) is 0 Å². The monoisotopic (exact) mass is 289 g/mol. The van der Waals surface area contributed by atoms with Crippen molar-refractivity contribution >= 4 is 17.3 Å². The Labute approximate surface area is 123 Å². The van der Waals surface area contributed by atoms with Gasteiger partial charge in [-0.05, 0) is 42.5 Å². The summed E-state index contributed by atoms with van der Waals surface area (Å²) in [5.74, 6) is -0.296. The van der Waals surface area contributed by atoms with E-state index in [1.807, 2.05) is 12.1 Å². The second-order valence-corrected chi connectivity index (χ2v) is 5.79. The van der Waals surface area contributed by atoms with Crippen molar-refractivity contribution in [3.8, 4) is 0 Å². The van der Waals surface area contributed by atoms with Crippen LogP contribution in [0.1, 0.15) is 27.7 Å². The first-order chi connectivity index (χ1) is 9.69. The van der Waals surface area contributed by atoms with Crippen molar-refractivity contribution in [1.29, 1.82) is 0 Å². The van der Waals surface area contributed by atoms with Crippen LogP contribution in [0.15, 0.2) is 41.8 Å². The number of benzene rings is 1. The number of carbonyl (C=O) groups excluding carboxylic acids is 1. The van der Waals surface area contributed by atoms with Crippen molar-refractivity contribution in [2.24, 2.45) is 0 Å². The smallest absolute Gasteiger partial charge is 0.337 e. The van der Waals surface area contributed by atoms with Crippen LogP contribution >= 0.6 is 11.3 Å². The molecule has 20 heavy (non-hydrogen) atoms. The number of hydrogen-bond donors (Lipinski definition) is 1. The molecule has 1 atom stereocenters. The molecular weight excluding hydrogens is 270 g/mol. The predicted octanol–water partition coefficient (Wildman–Crippen LogP) is 3.26.